The Morgan fingerprint density at radius 3 is 2.67 bits per heavy atom. The summed E-state index contributed by atoms with van der Waals surface area (Å²) in [6.45, 7) is 0.756. The monoisotopic (exact) mass is 329 g/mol. The van der Waals surface area contributed by atoms with E-state index in [-0.39, 0.29) is 5.82 Å². The van der Waals surface area contributed by atoms with Crippen LogP contribution in [0, 0.1) is 11.7 Å². The predicted molar refractivity (Wildman–Crippen MR) is 92.5 cm³/mol. The first kappa shape index (κ1) is 15.6. The van der Waals surface area contributed by atoms with E-state index in [4.69, 9.17) is 10.8 Å². The number of rotatable bonds is 5. The molecule has 0 bridgehead atoms. The fraction of sp³-hybridized carbons (Fsp3) is 0.556. The van der Waals surface area contributed by atoms with Gasteiger partial charge < -0.3 is 10.6 Å². The van der Waals surface area contributed by atoms with E-state index in [1.54, 1.807) is 11.0 Å². The molecule has 2 aliphatic carbocycles. The van der Waals surface area contributed by atoms with Crippen LogP contribution in [0.4, 0.5) is 10.2 Å². The lowest BCUT2D eigenvalue weighted by atomic mass is 9.80. The highest BCUT2D eigenvalue weighted by atomic mass is 19.1. The first-order valence-electron chi connectivity index (χ1n) is 8.70. The van der Waals surface area contributed by atoms with Crippen LogP contribution in [-0.2, 0) is 0 Å². The van der Waals surface area contributed by atoms with Gasteiger partial charge in [0, 0.05) is 31.8 Å². The second-order valence-electron chi connectivity index (χ2n) is 7.31. The zero-order chi connectivity index (χ0) is 16.8. The number of nitrogens with zero attached hydrogens (tertiary/aromatic N) is 4. The third-order valence-corrected chi connectivity index (χ3v) is 5.17. The predicted octanol–water partition coefficient (Wildman–Crippen LogP) is 2.94. The maximum Gasteiger partial charge on any atom is 0.165 e. The highest BCUT2D eigenvalue weighted by Gasteiger charge is 2.34. The van der Waals surface area contributed by atoms with Crippen molar-refractivity contribution in [3.05, 3.63) is 29.8 Å². The van der Waals surface area contributed by atoms with Crippen molar-refractivity contribution in [1.82, 2.24) is 14.8 Å². The average molecular weight is 329 g/mol. The Balaban J connectivity index is 1.69. The minimum absolute atomic E-state index is 0.297. The standard InChI is InChI=1S/C18H24FN5/c1-23(2)18-15(19)5-6-16(21-18)14-10-24(13-7-11(8-13)9-20)22-17(14)12-3-4-12/h5-6,10-13H,3-4,7-9,20H2,1-2H3. The van der Waals surface area contributed by atoms with E-state index in [1.165, 1.54) is 18.9 Å². The highest BCUT2D eigenvalue weighted by Crippen LogP contribution is 2.45. The van der Waals surface area contributed by atoms with Crippen molar-refractivity contribution in [2.24, 2.45) is 11.7 Å². The van der Waals surface area contributed by atoms with Crippen molar-refractivity contribution in [1.29, 1.82) is 0 Å². The van der Waals surface area contributed by atoms with Crippen LogP contribution in [0.15, 0.2) is 18.3 Å². The van der Waals surface area contributed by atoms with Crippen molar-refractivity contribution in [3.8, 4) is 11.3 Å². The van der Waals surface area contributed by atoms with Gasteiger partial charge in [0.25, 0.3) is 0 Å². The molecule has 2 fully saturated rings. The lowest BCUT2D eigenvalue weighted by molar-refractivity contribution is 0.189. The number of nitrogens with two attached hydrogens (primary N) is 1. The number of hydrogen-bond donors (Lipinski definition) is 1. The molecule has 128 valence electrons. The molecule has 2 saturated carbocycles. The van der Waals surface area contributed by atoms with Crippen molar-refractivity contribution in [2.45, 2.75) is 37.6 Å². The van der Waals surface area contributed by atoms with Gasteiger partial charge in [0.1, 0.15) is 0 Å². The minimum atomic E-state index is -0.297. The Morgan fingerprint density at radius 1 is 1.29 bits per heavy atom. The summed E-state index contributed by atoms with van der Waals surface area (Å²) >= 11 is 0. The van der Waals surface area contributed by atoms with Crippen molar-refractivity contribution in [2.75, 3.05) is 25.5 Å². The largest absolute Gasteiger partial charge is 0.360 e. The van der Waals surface area contributed by atoms with E-state index in [2.05, 4.69) is 15.9 Å². The second kappa shape index (κ2) is 5.84. The van der Waals surface area contributed by atoms with Crippen LogP contribution in [0.3, 0.4) is 0 Å². The first-order valence-corrected chi connectivity index (χ1v) is 8.70. The number of halogens is 1. The summed E-state index contributed by atoms with van der Waals surface area (Å²) in [6.07, 6.45) is 6.66. The number of aromatic nitrogens is 3. The molecule has 24 heavy (non-hydrogen) atoms. The van der Waals surface area contributed by atoms with Crippen LogP contribution >= 0.6 is 0 Å². The second-order valence-corrected chi connectivity index (χ2v) is 7.31. The summed E-state index contributed by atoms with van der Waals surface area (Å²) in [4.78, 5) is 6.24. The van der Waals surface area contributed by atoms with Crippen molar-refractivity contribution < 1.29 is 4.39 Å². The molecule has 5 nitrogen and oxygen atoms in total. The molecule has 2 aliphatic rings. The lowest BCUT2D eigenvalue weighted by Gasteiger charge is -2.34. The molecule has 0 spiro atoms. The van der Waals surface area contributed by atoms with Crippen LogP contribution in [0.2, 0.25) is 0 Å². The average Bonchev–Trinajstić information content (AvgIpc) is 3.27. The third kappa shape index (κ3) is 2.69. The molecule has 0 saturated heterocycles. The summed E-state index contributed by atoms with van der Waals surface area (Å²) in [5.41, 5.74) is 8.72. The summed E-state index contributed by atoms with van der Waals surface area (Å²) < 4.78 is 16.0. The first-order chi connectivity index (χ1) is 11.6. The number of hydrogen-bond acceptors (Lipinski definition) is 4. The summed E-state index contributed by atoms with van der Waals surface area (Å²) in [7, 11) is 3.61. The van der Waals surface area contributed by atoms with Crippen LogP contribution in [-0.4, -0.2) is 35.4 Å². The molecular weight excluding hydrogens is 305 g/mol. The number of anilines is 1. The van der Waals surface area contributed by atoms with E-state index >= 15 is 0 Å². The zero-order valence-corrected chi connectivity index (χ0v) is 14.2. The van der Waals surface area contributed by atoms with E-state index in [0.29, 0.717) is 23.7 Å². The Morgan fingerprint density at radius 2 is 2.04 bits per heavy atom. The molecule has 2 aromatic heterocycles. The Kier molecular flexibility index (Phi) is 3.79. The summed E-state index contributed by atoms with van der Waals surface area (Å²) in [5.74, 6) is 1.22. The summed E-state index contributed by atoms with van der Waals surface area (Å²) in [5, 5.41) is 4.86. The molecule has 0 aromatic carbocycles. The fourth-order valence-electron chi connectivity index (χ4n) is 3.45. The maximum atomic E-state index is 13.9. The molecule has 0 aliphatic heterocycles. The minimum Gasteiger partial charge on any atom is -0.360 e. The van der Waals surface area contributed by atoms with E-state index < -0.39 is 0 Å². The van der Waals surface area contributed by atoms with E-state index in [1.807, 2.05) is 14.1 Å². The Bertz CT molecular complexity index is 744. The molecular formula is C18H24FN5. The molecule has 0 atom stereocenters. The molecule has 6 heteroatoms. The van der Waals surface area contributed by atoms with Gasteiger partial charge >= 0.3 is 0 Å². The van der Waals surface area contributed by atoms with E-state index in [9.17, 15) is 4.39 Å². The molecule has 0 radical (unpaired) electrons. The zero-order valence-electron chi connectivity index (χ0n) is 14.2. The van der Waals surface area contributed by atoms with Gasteiger partial charge in [-0.3, -0.25) is 4.68 Å². The van der Waals surface area contributed by atoms with Gasteiger partial charge in [-0.25, -0.2) is 9.37 Å². The maximum absolute atomic E-state index is 13.9. The molecule has 2 aromatic rings. The molecule has 2 N–H and O–H groups in total. The topological polar surface area (TPSA) is 60.0 Å². The van der Waals surface area contributed by atoms with Crippen LogP contribution in [0.25, 0.3) is 11.3 Å². The SMILES string of the molecule is CN(C)c1nc(-c2cn(C3CC(CN)C3)nc2C2CC2)ccc1F. The molecule has 4 rings (SSSR count). The van der Waals surface area contributed by atoms with Crippen LogP contribution in [0.1, 0.15) is 43.3 Å². The fourth-order valence-corrected chi connectivity index (χ4v) is 3.45. The van der Waals surface area contributed by atoms with Crippen molar-refractivity contribution >= 4 is 5.82 Å². The van der Waals surface area contributed by atoms with Gasteiger partial charge in [-0.2, -0.15) is 5.10 Å². The Labute approximate surface area is 141 Å². The Hall–Kier alpha value is -1.95. The van der Waals surface area contributed by atoms with Gasteiger partial charge in [-0.05, 0) is 50.3 Å². The number of pyridine rings is 1. The van der Waals surface area contributed by atoms with Gasteiger partial charge in [-0.1, -0.05) is 0 Å². The molecule has 0 amide bonds. The lowest BCUT2D eigenvalue weighted by Crippen LogP contribution is -2.32. The highest BCUT2D eigenvalue weighted by molar-refractivity contribution is 5.65. The van der Waals surface area contributed by atoms with Crippen LogP contribution in [0.5, 0.6) is 0 Å². The van der Waals surface area contributed by atoms with Crippen LogP contribution < -0.4 is 10.6 Å². The molecule has 2 heterocycles. The van der Waals surface area contributed by atoms with Gasteiger partial charge in [0.05, 0.1) is 17.4 Å². The smallest absolute Gasteiger partial charge is 0.165 e. The van der Waals surface area contributed by atoms with Gasteiger partial charge in [-0.15, -0.1) is 0 Å². The third-order valence-electron chi connectivity index (χ3n) is 5.17. The summed E-state index contributed by atoms with van der Waals surface area (Å²) in [6, 6.07) is 3.71. The van der Waals surface area contributed by atoms with Crippen molar-refractivity contribution in [3.63, 3.8) is 0 Å². The van der Waals surface area contributed by atoms with Gasteiger partial charge in [0.15, 0.2) is 11.6 Å². The van der Waals surface area contributed by atoms with Gasteiger partial charge in [0.2, 0.25) is 0 Å². The normalized spacial score (nSPS) is 23.2. The molecule has 0 unspecified atom stereocenters. The quantitative estimate of drug-likeness (QED) is 0.916. The van der Waals surface area contributed by atoms with E-state index in [0.717, 1.165) is 36.3 Å².